The fourth-order valence-electron chi connectivity index (χ4n) is 5.25. The molecule has 1 fully saturated rings. The maximum atomic E-state index is 10.0. The number of imidazole rings is 1. The molecule has 5 aromatic rings. The molecular weight excluding hydrogens is 556 g/mol. The lowest BCUT2D eigenvalue weighted by Gasteiger charge is -2.23. The summed E-state index contributed by atoms with van der Waals surface area (Å²) >= 11 is 1.57. The topological polar surface area (TPSA) is 116 Å². The number of ether oxygens (including phenoxy) is 4. The zero-order valence-electron chi connectivity index (χ0n) is 23.8. The summed E-state index contributed by atoms with van der Waals surface area (Å²) in [5.41, 5.74) is 3.67. The van der Waals surface area contributed by atoms with E-state index in [0.29, 0.717) is 34.8 Å². The first kappa shape index (κ1) is 27.6. The van der Waals surface area contributed by atoms with E-state index in [1.165, 1.54) is 0 Å². The summed E-state index contributed by atoms with van der Waals surface area (Å²) in [4.78, 5) is 16.7. The summed E-state index contributed by atoms with van der Waals surface area (Å²) < 4.78 is 24.6. The van der Waals surface area contributed by atoms with E-state index in [4.69, 9.17) is 28.9 Å². The highest BCUT2D eigenvalue weighted by Gasteiger charge is 2.28. The molecule has 12 heteroatoms. The lowest BCUT2D eigenvalue weighted by molar-refractivity contribution is 0.265. The summed E-state index contributed by atoms with van der Waals surface area (Å²) in [5, 5.41) is 15.5. The van der Waals surface area contributed by atoms with Crippen LogP contribution in [0.1, 0.15) is 12.8 Å². The Morgan fingerprint density at radius 3 is 2.43 bits per heavy atom. The van der Waals surface area contributed by atoms with Gasteiger partial charge in [-0.15, -0.1) is 11.3 Å². The van der Waals surface area contributed by atoms with E-state index in [1.54, 1.807) is 46.1 Å². The van der Waals surface area contributed by atoms with Crippen LogP contribution in [0.4, 0.5) is 17.6 Å². The van der Waals surface area contributed by atoms with Crippen LogP contribution in [0.2, 0.25) is 0 Å². The van der Waals surface area contributed by atoms with Crippen molar-refractivity contribution in [1.82, 2.24) is 19.5 Å². The molecule has 1 atom stereocenters. The number of hydrogen-bond donors (Lipinski definition) is 2. The maximum absolute atomic E-state index is 10.0. The SMILES string of the molecule is COc1ccc(-c2csc3c(Nc4cn(-c5cc(OC)c(OC)c(OC)c5)cn4)nc(N4CCC[C@H]4CO)nc23)cc1. The standard InChI is InChI=1S/C30H32N6O5S/c1-38-21-9-7-18(8-10-21)22-16-42-28-26(22)33-30(36-11-5-6-19(36)15-37)34-29(28)32-25-14-35(17-31-25)20-12-23(39-2)27(41-4)24(13-20)40-3/h7-10,12-14,16-17,19,37H,5-6,11,15H2,1-4H3,(H,32,33,34)/t19-/m0/s1. The Morgan fingerprint density at radius 1 is 1.00 bits per heavy atom. The molecule has 42 heavy (non-hydrogen) atoms. The number of thiophene rings is 1. The first-order valence-corrected chi connectivity index (χ1v) is 14.4. The third-order valence-electron chi connectivity index (χ3n) is 7.43. The molecule has 1 aliphatic rings. The smallest absolute Gasteiger partial charge is 0.228 e. The first-order valence-electron chi connectivity index (χ1n) is 13.5. The third kappa shape index (κ3) is 5.03. The van der Waals surface area contributed by atoms with Crippen LogP contribution in [-0.4, -0.2) is 72.3 Å². The van der Waals surface area contributed by atoms with Gasteiger partial charge >= 0.3 is 0 Å². The van der Waals surface area contributed by atoms with Gasteiger partial charge in [-0.25, -0.2) is 9.97 Å². The fraction of sp³-hybridized carbons (Fsp3) is 0.300. The molecular formula is C30H32N6O5S. The average Bonchev–Trinajstić information content (AvgIpc) is 3.80. The number of aliphatic hydroxyl groups is 1. The van der Waals surface area contributed by atoms with Gasteiger partial charge in [0.2, 0.25) is 11.7 Å². The van der Waals surface area contributed by atoms with Crippen molar-refractivity contribution in [2.45, 2.75) is 18.9 Å². The third-order valence-corrected chi connectivity index (χ3v) is 8.40. The molecule has 2 N–H and O–H groups in total. The minimum atomic E-state index is -0.0161. The molecule has 2 aromatic carbocycles. The van der Waals surface area contributed by atoms with Crippen LogP contribution in [0.5, 0.6) is 23.0 Å². The van der Waals surface area contributed by atoms with Crippen molar-refractivity contribution >= 4 is 39.1 Å². The van der Waals surface area contributed by atoms with Gasteiger partial charge in [0.05, 0.1) is 63.2 Å². The normalized spacial score (nSPS) is 14.8. The second kappa shape index (κ2) is 11.7. The van der Waals surface area contributed by atoms with Crippen molar-refractivity contribution in [3.05, 3.63) is 54.3 Å². The lowest BCUT2D eigenvalue weighted by atomic mass is 10.1. The predicted molar refractivity (Wildman–Crippen MR) is 163 cm³/mol. The van der Waals surface area contributed by atoms with Crippen molar-refractivity contribution in [2.75, 3.05) is 51.8 Å². The van der Waals surface area contributed by atoms with Gasteiger partial charge in [-0.05, 0) is 30.5 Å². The zero-order chi connectivity index (χ0) is 29.2. The zero-order valence-corrected chi connectivity index (χ0v) is 24.6. The lowest BCUT2D eigenvalue weighted by Crippen LogP contribution is -2.33. The van der Waals surface area contributed by atoms with Crippen LogP contribution >= 0.6 is 11.3 Å². The summed E-state index contributed by atoms with van der Waals surface area (Å²) in [6.45, 7) is 0.840. The van der Waals surface area contributed by atoms with E-state index in [2.05, 4.69) is 20.6 Å². The summed E-state index contributed by atoms with van der Waals surface area (Å²) in [7, 11) is 6.40. The summed E-state index contributed by atoms with van der Waals surface area (Å²) in [5.74, 6) is 4.25. The fourth-order valence-corrected chi connectivity index (χ4v) is 6.21. The van der Waals surface area contributed by atoms with Gasteiger partial charge in [0.1, 0.15) is 17.9 Å². The number of methoxy groups -OCH3 is 4. The second-order valence-electron chi connectivity index (χ2n) is 9.77. The molecule has 4 heterocycles. The maximum Gasteiger partial charge on any atom is 0.228 e. The monoisotopic (exact) mass is 588 g/mol. The predicted octanol–water partition coefficient (Wildman–Crippen LogP) is 5.28. The molecule has 0 spiro atoms. The number of benzene rings is 2. The van der Waals surface area contributed by atoms with E-state index in [-0.39, 0.29) is 12.6 Å². The van der Waals surface area contributed by atoms with E-state index in [1.807, 2.05) is 47.2 Å². The van der Waals surface area contributed by atoms with Gasteiger partial charge < -0.3 is 38.8 Å². The van der Waals surface area contributed by atoms with Gasteiger partial charge in [0.15, 0.2) is 17.3 Å². The Morgan fingerprint density at radius 2 is 1.76 bits per heavy atom. The van der Waals surface area contributed by atoms with E-state index in [0.717, 1.165) is 52.2 Å². The van der Waals surface area contributed by atoms with E-state index < -0.39 is 0 Å². The minimum absolute atomic E-state index is 0.0161. The van der Waals surface area contributed by atoms with Gasteiger partial charge in [-0.2, -0.15) is 4.98 Å². The number of nitrogens with zero attached hydrogens (tertiary/aromatic N) is 5. The Bertz CT molecular complexity index is 1680. The number of aliphatic hydroxyl groups excluding tert-OH is 1. The highest BCUT2D eigenvalue weighted by atomic mass is 32.1. The first-order chi connectivity index (χ1) is 20.6. The number of nitrogens with one attached hydrogen (secondary N) is 1. The molecule has 0 saturated carbocycles. The highest BCUT2D eigenvalue weighted by molar-refractivity contribution is 7.18. The highest BCUT2D eigenvalue weighted by Crippen LogP contribution is 2.41. The van der Waals surface area contributed by atoms with Gasteiger partial charge in [-0.1, -0.05) is 12.1 Å². The Labute approximate surface area is 247 Å². The number of aromatic nitrogens is 4. The van der Waals surface area contributed by atoms with Gasteiger partial charge in [-0.3, -0.25) is 0 Å². The van der Waals surface area contributed by atoms with Crippen LogP contribution < -0.4 is 29.2 Å². The molecule has 0 amide bonds. The average molecular weight is 589 g/mol. The van der Waals surface area contributed by atoms with Crippen LogP contribution in [0.3, 0.4) is 0 Å². The Kier molecular flexibility index (Phi) is 7.72. The van der Waals surface area contributed by atoms with Crippen LogP contribution in [0, 0.1) is 0 Å². The molecule has 6 rings (SSSR count). The van der Waals surface area contributed by atoms with E-state index in [9.17, 15) is 5.11 Å². The summed E-state index contributed by atoms with van der Waals surface area (Å²) in [6.07, 6.45) is 5.46. The molecule has 1 aliphatic heterocycles. The Hall–Kier alpha value is -4.55. The molecule has 0 bridgehead atoms. The second-order valence-corrected chi connectivity index (χ2v) is 10.7. The van der Waals surface area contributed by atoms with Crippen molar-refractivity contribution in [1.29, 1.82) is 0 Å². The van der Waals surface area contributed by atoms with E-state index >= 15 is 0 Å². The van der Waals surface area contributed by atoms with Crippen molar-refractivity contribution in [3.8, 4) is 39.8 Å². The number of hydrogen-bond acceptors (Lipinski definition) is 11. The number of rotatable bonds is 10. The van der Waals surface area contributed by atoms with Crippen molar-refractivity contribution < 1.29 is 24.1 Å². The number of anilines is 3. The Balaban J connectivity index is 1.40. The number of fused-ring (bicyclic) bond motifs is 1. The van der Waals surface area contributed by atoms with Crippen LogP contribution in [-0.2, 0) is 0 Å². The van der Waals surface area contributed by atoms with Crippen molar-refractivity contribution in [3.63, 3.8) is 0 Å². The van der Waals surface area contributed by atoms with Gasteiger partial charge in [0.25, 0.3) is 0 Å². The largest absolute Gasteiger partial charge is 0.497 e. The van der Waals surface area contributed by atoms with Crippen molar-refractivity contribution in [2.24, 2.45) is 0 Å². The van der Waals surface area contributed by atoms with Gasteiger partial charge in [0, 0.05) is 29.6 Å². The van der Waals surface area contributed by atoms with Crippen LogP contribution in [0.25, 0.3) is 27.0 Å². The molecule has 218 valence electrons. The molecule has 1 saturated heterocycles. The molecule has 3 aromatic heterocycles. The van der Waals surface area contributed by atoms with Crippen LogP contribution in [0.15, 0.2) is 54.3 Å². The quantitative estimate of drug-likeness (QED) is 0.223. The molecule has 0 aliphatic carbocycles. The summed E-state index contributed by atoms with van der Waals surface area (Å²) in [6, 6.07) is 11.6. The molecule has 0 unspecified atom stereocenters. The molecule has 11 nitrogen and oxygen atoms in total. The molecule has 0 radical (unpaired) electrons. The minimum Gasteiger partial charge on any atom is -0.497 e.